The van der Waals surface area contributed by atoms with Crippen LogP contribution in [0.25, 0.3) is 0 Å². The van der Waals surface area contributed by atoms with Crippen molar-refractivity contribution in [1.82, 2.24) is 10.2 Å². The first-order chi connectivity index (χ1) is 6.37. The molecule has 0 aromatic carbocycles. The summed E-state index contributed by atoms with van der Waals surface area (Å²) in [5.41, 5.74) is 0. The van der Waals surface area contributed by atoms with Crippen LogP contribution in [0.1, 0.15) is 20.3 Å². The van der Waals surface area contributed by atoms with E-state index in [1.165, 1.54) is 4.90 Å². The molecule has 0 radical (unpaired) electrons. The Morgan fingerprint density at radius 2 is 2.07 bits per heavy atom. The van der Waals surface area contributed by atoms with Gasteiger partial charge in [0.15, 0.2) is 0 Å². The summed E-state index contributed by atoms with van der Waals surface area (Å²) in [5, 5.41) is 3.25. The maximum atomic E-state index is 12.0. The fraction of sp³-hybridized carbons (Fsp3) is 1.00. The van der Waals surface area contributed by atoms with Crippen LogP contribution in [0.15, 0.2) is 0 Å². The number of hydrogen-bond donors (Lipinski definition) is 1. The van der Waals surface area contributed by atoms with Gasteiger partial charge in [0, 0.05) is 25.2 Å². The van der Waals surface area contributed by atoms with Gasteiger partial charge in [0.25, 0.3) is 0 Å². The van der Waals surface area contributed by atoms with Gasteiger partial charge in [0.1, 0.15) is 0 Å². The molecule has 0 aromatic rings. The molecule has 84 valence electrons. The monoisotopic (exact) mass is 210 g/mol. The second-order valence-electron chi connectivity index (χ2n) is 4.16. The maximum absolute atomic E-state index is 12.0. The summed E-state index contributed by atoms with van der Waals surface area (Å²) >= 11 is 0. The summed E-state index contributed by atoms with van der Waals surface area (Å²) in [6.07, 6.45) is -3.25. The first kappa shape index (κ1) is 11.8. The molecule has 0 aliphatic carbocycles. The summed E-state index contributed by atoms with van der Waals surface area (Å²) in [7, 11) is 0. The molecule has 1 aliphatic rings. The molecule has 1 fully saturated rings. The van der Waals surface area contributed by atoms with Crippen LogP contribution in [-0.4, -0.2) is 42.8 Å². The van der Waals surface area contributed by atoms with Crippen molar-refractivity contribution in [2.75, 3.05) is 19.6 Å². The van der Waals surface area contributed by atoms with Gasteiger partial charge in [-0.1, -0.05) is 13.8 Å². The van der Waals surface area contributed by atoms with Crippen LogP contribution in [0, 0.1) is 0 Å². The lowest BCUT2D eigenvalue weighted by molar-refractivity contribution is -0.143. The molecule has 1 aliphatic heterocycles. The molecule has 1 heterocycles. The van der Waals surface area contributed by atoms with E-state index in [2.05, 4.69) is 5.32 Å². The predicted molar refractivity (Wildman–Crippen MR) is 49.2 cm³/mol. The van der Waals surface area contributed by atoms with E-state index in [1.54, 1.807) is 0 Å². The third-order valence-electron chi connectivity index (χ3n) is 2.24. The Balaban J connectivity index is 2.27. The Hall–Kier alpha value is -0.290. The SMILES string of the molecule is CC(C)NC1CCN(CC(F)(F)F)C1. The average molecular weight is 210 g/mol. The third-order valence-corrected chi connectivity index (χ3v) is 2.24. The lowest BCUT2D eigenvalue weighted by Crippen LogP contribution is -2.39. The molecule has 5 heteroatoms. The normalized spacial score (nSPS) is 24.9. The van der Waals surface area contributed by atoms with E-state index in [1.807, 2.05) is 13.8 Å². The van der Waals surface area contributed by atoms with E-state index in [0.29, 0.717) is 19.1 Å². The molecular weight excluding hydrogens is 193 g/mol. The number of alkyl halides is 3. The highest BCUT2D eigenvalue weighted by Crippen LogP contribution is 2.19. The molecule has 14 heavy (non-hydrogen) atoms. The molecule has 1 atom stereocenters. The summed E-state index contributed by atoms with van der Waals surface area (Å²) in [4.78, 5) is 1.46. The molecule has 1 rings (SSSR count). The van der Waals surface area contributed by atoms with Gasteiger partial charge in [-0.25, -0.2) is 0 Å². The zero-order valence-electron chi connectivity index (χ0n) is 8.56. The number of likely N-dealkylation sites (tertiary alicyclic amines) is 1. The van der Waals surface area contributed by atoms with E-state index in [4.69, 9.17) is 0 Å². The molecule has 0 saturated carbocycles. The Bertz CT molecular complexity index is 179. The van der Waals surface area contributed by atoms with Crippen LogP contribution in [-0.2, 0) is 0 Å². The Morgan fingerprint density at radius 3 is 2.57 bits per heavy atom. The van der Waals surface area contributed by atoms with Gasteiger partial charge in [-0.3, -0.25) is 4.90 Å². The standard InChI is InChI=1S/C9H17F3N2/c1-7(2)13-8-3-4-14(5-8)6-9(10,11)12/h7-8,13H,3-6H2,1-2H3. The van der Waals surface area contributed by atoms with Gasteiger partial charge in [-0.2, -0.15) is 13.2 Å². The number of rotatable bonds is 3. The smallest absolute Gasteiger partial charge is 0.310 e. The second-order valence-corrected chi connectivity index (χ2v) is 4.16. The first-order valence-electron chi connectivity index (χ1n) is 4.92. The highest BCUT2D eigenvalue weighted by Gasteiger charge is 2.34. The Morgan fingerprint density at radius 1 is 1.43 bits per heavy atom. The van der Waals surface area contributed by atoms with Crippen LogP contribution in [0.3, 0.4) is 0 Å². The molecule has 1 N–H and O–H groups in total. The summed E-state index contributed by atoms with van der Waals surface area (Å²) in [6, 6.07) is 0.559. The maximum Gasteiger partial charge on any atom is 0.401 e. The van der Waals surface area contributed by atoms with Crippen LogP contribution in [0.2, 0.25) is 0 Å². The van der Waals surface area contributed by atoms with Crippen LogP contribution < -0.4 is 5.32 Å². The van der Waals surface area contributed by atoms with E-state index in [9.17, 15) is 13.2 Å². The Kier molecular flexibility index (Phi) is 3.78. The van der Waals surface area contributed by atoms with E-state index in [-0.39, 0.29) is 6.04 Å². The number of hydrogen-bond acceptors (Lipinski definition) is 2. The van der Waals surface area contributed by atoms with Gasteiger partial charge in [-0.15, -0.1) is 0 Å². The number of nitrogens with one attached hydrogen (secondary N) is 1. The minimum Gasteiger partial charge on any atom is -0.310 e. The van der Waals surface area contributed by atoms with Crippen LogP contribution in [0.5, 0.6) is 0 Å². The van der Waals surface area contributed by atoms with Gasteiger partial charge >= 0.3 is 6.18 Å². The van der Waals surface area contributed by atoms with Crippen molar-refractivity contribution in [1.29, 1.82) is 0 Å². The summed E-state index contributed by atoms with van der Waals surface area (Å²) in [5.74, 6) is 0. The van der Waals surface area contributed by atoms with Crippen LogP contribution >= 0.6 is 0 Å². The predicted octanol–water partition coefficient (Wildman–Crippen LogP) is 1.62. The topological polar surface area (TPSA) is 15.3 Å². The summed E-state index contributed by atoms with van der Waals surface area (Å²) in [6.45, 7) is 4.30. The van der Waals surface area contributed by atoms with Crippen LogP contribution in [0.4, 0.5) is 13.2 Å². The van der Waals surface area contributed by atoms with Crippen molar-refractivity contribution in [3.05, 3.63) is 0 Å². The fourth-order valence-electron chi connectivity index (χ4n) is 1.84. The van der Waals surface area contributed by atoms with Crippen molar-refractivity contribution < 1.29 is 13.2 Å². The van der Waals surface area contributed by atoms with Crippen molar-refractivity contribution in [2.24, 2.45) is 0 Å². The second kappa shape index (κ2) is 4.49. The van der Waals surface area contributed by atoms with E-state index < -0.39 is 12.7 Å². The van der Waals surface area contributed by atoms with Crippen molar-refractivity contribution >= 4 is 0 Å². The average Bonchev–Trinajstić information content (AvgIpc) is 2.30. The molecule has 1 saturated heterocycles. The van der Waals surface area contributed by atoms with Gasteiger partial charge in [0.05, 0.1) is 6.54 Å². The quantitative estimate of drug-likeness (QED) is 0.761. The highest BCUT2D eigenvalue weighted by atomic mass is 19.4. The van der Waals surface area contributed by atoms with E-state index >= 15 is 0 Å². The minimum atomic E-state index is -4.06. The molecule has 0 spiro atoms. The Labute approximate surface area is 82.5 Å². The lowest BCUT2D eigenvalue weighted by Gasteiger charge is -2.19. The number of halogens is 3. The van der Waals surface area contributed by atoms with E-state index in [0.717, 1.165) is 6.42 Å². The molecular formula is C9H17F3N2. The van der Waals surface area contributed by atoms with Gasteiger partial charge < -0.3 is 5.32 Å². The zero-order chi connectivity index (χ0) is 10.8. The first-order valence-corrected chi connectivity index (χ1v) is 4.92. The lowest BCUT2D eigenvalue weighted by atomic mass is 10.2. The molecule has 0 bridgehead atoms. The van der Waals surface area contributed by atoms with Crippen molar-refractivity contribution in [2.45, 2.75) is 38.5 Å². The minimum absolute atomic E-state index is 0.220. The number of nitrogens with zero attached hydrogens (tertiary/aromatic N) is 1. The van der Waals surface area contributed by atoms with Crippen molar-refractivity contribution in [3.63, 3.8) is 0 Å². The molecule has 0 amide bonds. The zero-order valence-corrected chi connectivity index (χ0v) is 8.56. The molecule has 0 aromatic heterocycles. The van der Waals surface area contributed by atoms with Gasteiger partial charge in [-0.05, 0) is 6.42 Å². The molecule has 1 unspecified atom stereocenters. The highest BCUT2D eigenvalue weighted by molar-refractivity contribution is 4.82. The summed E-state index contributed by atoms with van der Waals surface area (Å²) < 4.78 is 36.1. The largest absolute Gasteiger partial charge is 0.401 e. The van der Waals surface area contributed by atoms with Crippen molar-refractivity contribution in [3.8, 4) is 0 Å². The fourth-order valence-corrected chi connectivity index (χ4v) is 1.84. The van der Waals surface area contributed by atoms with Gasteiger partial charge in [0.2, 0.25) is 0 Å². The third kappa shape index (κ3) is 4.28. The molecule has 2 nitrogen and oxygen atoms in total.